The van der Waals surface area contributed by atoms with Gasteiger partial charge in [-0.3, -0.25) is 10.1 Å². The van der Waals surface area contributed by atoms with Crippen LogP contribution in [0.4, 0.5) is 5.69 Å². The zero-order valence-corrected chi connectivity index (χ0v) is 17.8. The van der Waals surface area contributed by atoms with Gasteiger partial charge in [0.05, 0.1) is 24.1 Å². The molecule has 4 aromatic carbocycles. The summed E-state index contributed by atoms with van der Waals surface area (Å²) >= 11 is 0. The van der Waals surface area contributed by atoms with Crippen LogP contribution < -0.4 is 0 Å². The highest BCUT2D eigenvalue weighted by atomic mass is 16.6. The molecule has 1 unspecified atom stereocenters. The van der Waals surface area contributed by atoms with E-state index in [1.54, 1.807) is 12.1 Å². The Bertz CT molecular complexity index is 1630. The lowest BCUT2D eigenvalue weighted by Gasteiger charge is -2.16. The Hall–Kier alpha value is -4.16. The second-order valence-corrected chi connectivity index (χ2v) is 8.39. The number of aromatic nitrogens is 2. The van der Waals surface area contributed by atoms with Crippen molar-refractivity contribution in [3.63, 3.8) is 0 Å². The van der Waals surface area contributed by atoms with Crippen molar-refractivity contribution < 1.29 is 10.0 Å². The molecule has 0 bridgehead atoms. The molecule has 0 saturated carbocycles. The van der Waals surface area contributed by atoms with Crippen molar-refractivity contribution >= 4 is 49.3 Å². The second kappa shape index (κ2) is 7.46. The van der Waals surface area contributed by atoms with Crippen LogP contribution in [-0.2, 0) is 13.1 Å². The zero-order valence-electron chi connectivity index (χ0n) is 17.8. The van der Waals surface area contributed by atoms with Crippen LogP contribution in [0, 0.1) is 10.1 Å². The van der Waals surface area contributed by atoms with Crippen LogP contribution in [0.1, 0.15) is 0 Å². The Labute approximate surface area is 189 Å². The van der Waals surface area contributed by atoms with Gasteiger partial charge in [-0.05, 0) is 24.3 Å². The van der Waals surface area contributed by atoms with Crippen molar-refractivity contribution in [1.82, 2.24) is 9.13 Å². The molecule has 6 nitrogen and oxygen atoms in total. The maximum absolute atomic E-state index is 11.3. The third kappa shape index (κ3) is 3.07. The molecule has 0 aliphatic rings. The number of rotatable bonds is 5. The minimum Gasteiger partial charge on any atom is -0.389 e. The fraction of sp³-hybridized carbons (Fsp3) is 0.111. The van der Waals surface area contributed by atoms with Crippen molar-refractivity contribution in [3.05, 3.63) is 101 Å². The lowest BCUT2D eigenvalue weighted by molar-refractivity contribution is -0.384. The van der Waals surface area contributed by atoms with Crippen molar-refractivity contribution in [3.8, 4) is 0 Å². The number of hydrogen-bond donors (Lipinski definition) is 1. The van der Waals surface area contributed by atoms with Gasteiger partial charge in [-0.1, -0.05) is 54.6 Å². The topological polar surface area (TPSA) is 73.2 Å². The van der Waals surface area contributed by atoms with Crippen LogP contribution in [-0.4, -0.2) is 25.3 Å². The molecule has 0 amide bonds. The van der Waals surface area contributed by atoms with E-state index in [2.05, 4.69) is 33.4 Å². The van der Waals surface area contributed by atoms with Crippen LogP contribution >= 0.6 is 0 Å². The lowest BCUT2D eigenvalue weighted by atomic mass is 10.1. The summed E-state index contributed by atoms with van der Waals surface area (Å²) in [5.41, 5.74) is 4.08. The van der Waals surface area contributed by atoms with Gasteiger partial charge in [0, 0.05) is 55.7 Å². The third-order valence-electron chi connectivity index (χ3n) is 6.43. The Morgan fingerprint density at radius 3 is 1.58 bits per heavy atom. The maximum atomic E-state index is 11.3. The van der Waals surface area contributed by atoms with E-state index in [1.165, 1.54) is 16.8 Å². The number of nitro groups is 1. The maximum Gasteiger partial charge on any atom is 0.270 e. The van der Waals surface area contributed by atoms with Gasteiger partial charge < -0.3 is 14.2 Å². The van der Waals surface area contributed by atoms with Crippen LogP contribution in [0.2, 0.25) is 0 Å². The number of benzene rings is 4. The third-order valence-corrected chi connectivity index (χ3v) is 6.43. The molecule has 6 rings (SSSR count). The molecule has 0 aliphatic carbocycles. The van der Waals surface area contributed by atoms with Gasteiger partial charge in [0.25, 0.3) is 5.69 Å². The zero-order chi connectivity index (χ0) is 22.5. The number of aliphatic hydroxyl groups is 1. The number of hydrogen-bond acceptors (Lipinski definition) is 3. The molecule has 162 valence electrons. The number of fused-ring (bicyclic) bond motifs is 6. The molecule has 2 heterocycles. The first-order valence-electron chi connectivity index (χ1n) is 10.9. The lowest BCUT2D eigenvalue weighted by Crippen LogP contribution is -2.22. The summed E-state index contributed by atoms with van der Waals surface area (Å²) in [5, 5.41) is 26.6. The number of nitro benzene ring substituents is 1. The molecule has 33 heavy (non-hydrogen) atoms. The fourth-order valence-corrected chi connectivity index (χ4v) is 5.03. The minimum absolute atomic E-state index is 0.0660. The summed E-state index contributed by atoms with van der Waals surface area (Å²) in [6.45, 7) is 0.817. The van der Waals surface area contributed by atoms with E-state index in [-0.39, 0.29) is 10.6 Å². The highest BCUT2D eigenvalue weighted by molar-refractivity contribution is 6.09. The first kappa shape index (κ1) is 19.5. The molecule has 0 aliphatic heterocycles. The average Bonchev–Trinajstić information content (AvgIpc) is 3.32. The SMILES string of the molecule is O=[N+]([O-])c1ccc2c(c1)c1ccccc1n2CC(O)Cn1c2ccccc2c2ccccc21. The van der Waals surface area contributed by atoms with E-state index in [4.69, 9.17) is 0 Å². The second-order valence-electron chi connectivity index (χ2n) is 8.39. The molecule has 0 radical (unpaired) electrons. The van der Waals surface area contributed by atoms with Crippen LogP contribution in [0.15, 0.2) is 91.0 Å². The molecular weight excluding hydrogens is 414 g/mol. The van der Waals surface area contributed by atoms with Crippen LogP contribution in [0.3, 0.4) is 0 Å². The summed E-state index contributed by atoms with van der Waals surface area (Å²) in [7, 11) is 0. The highest BCUT2D eigenvalue weighted by Gasteiger charge is 2.18. The van der Waals surface area contributed by atoms with Crippen molar-refractivity contribution in [2.75, 3.05) is 0 Å². The molecule has 6 heteroatoms. The summed E-state index contributed by atoms with van der Waals surface area (Å²) < 4.78 is 4.24. The molecule has 2 aromatic heterocycles. The minimum atomic E-state index is -0.654. The molecular formula is C27H21N3O3. The first-order valence-corrected chi connectivity index (χ1v) is 10.9. The Kier molecular flexibility index (Phi) is 4.41. The van der Waals surface area contributed by atoms with E-state index < -0.39 is 6.10 Å². The van der Waals surface area contributed by atoms with Gasteiger partial charge in [0.1, 0.15) is 0 Å². The summed E-state index contributed by atoms with van der Waals surface area (Å²) in [4.78, 5) is 10.9. The van der Waals surface area contributed by atoms with E-state index in [9.17, 15) is 15.2 Å². The number of non-ortho nitro benzene ring substituents is 1. The molecule has 6 aromatic rings. The molecule has 0 saturated heterocycles. The molecule has 0 fully saturated rings. The number of aliphatic hydroxyl groups excluding tert-OH is 1. The summed E-state index contributed by atoms with van der Waals surface area (Å²) in [6.07, 6.45) is -0.654. The molecule has 0 spiro atoms. The van der Waals surface area contributed by atoms with Crippen molar-refractivity contribution in [2.45, 2.75) is 19.2 Å². The number of para-hydroxylation sites is 3. The fourth-order valence-electron chi connectivity index (χ4n) is 5.03. The molecule has 1 N–H and O–H groups in total. The van der Waals surface area contributed by atoms with E-state index >= 15 is 0 Å². The van der Waals surface area contributed by atoms with Crippen molar-refractivity contribution in [2.24, 2.45) is 0 Å². The van der Waals surface area contributed by atoms with Crippen LogP contribution in [0.5, 0.6) is 0 Å². The predicted octanol–water partition coefficient (Wildman–Crippen LogP) is 5.87. The van der Waals surface area contributed by atoms with E-state index in [1.807, 2.05) is 48.5 Å². The largest absolute Gasteiger partial charge is 0.389 e. The summed E-state index contributed by atoms with van der Waals surface area (Å²) in [5.74, 6) is 0. The Balaban J connectivity index is 1.44. The average molecular weight is 435 g/mol. The van der Waals surface area contributed by atoms with Crippen LogP contribution in [0.25, 0.3) is 43.6 Å². The first-order chi connectivity index (χ1) is 16.1. The van der Waals surface area contributed by atoms with Gasteiger partial charge in [-0.15, -0.1) is 0 Å². The smallest absolute Gasteiger partial charge is 0.270 e. The standard InChI is InChI=1S/C27H21N3O3/c31-19(16-28-24-10-4-1-7-20(24)21-8-2-5-11-25(21)28)17-29-26-12-6-3-9-22(26)23-15-18(30(32)33)13-14-27(23)29/h1-15,19,31H,16-17H2. The summed E-state index contributed by atoms with van der Waals surface area (Å²) in [6, 6.07) is 29.3. The highest BCUT2D eigenvalue weighted by Crippen LogP contribution is 2.33. The van der Waals surface area contributed by atoms with E-state index in [0.29, 0.717) is 13.1 Å². The van der Waals surface area contributed by atoms with Gasteiger partial charge in [0.2, 0.25) is 0 Å². The normalized spacial score (nSPS) is 12.8. The van der Waals surface area contributed by atoms with E-state index in [0.717, 1.165) is 32.8 Å². The van der Waals surface area contributed by atoms with Crippen molar-refractivity contribution in [1.29, 1.82) is 0 Å². The Morgan fingerprint density at radius 1 is 0.667 bits per heavy atom. The van der Waals surface area contributed by atoms with Gasteiger partial charge >= 0.3 is 0 Å². The molecule has 1 atom stereocenters. The number of nitrogens with zero attached hydrogens (tertiary/aromatic N) is 3. The van der Waals surface area contributed by atoms with Gasteiger partial charge in [0.15, 0.2) is 0 Å². The predicted molar refractivity (Wildman–Crippen MR) is 132 cm³/mol. The monoisotopic (exact) mass is 435 g/mol. The Morgan fingerprint density at radius 2 is 1.09 bits per heavy atom. The van der Waals surface area contributed by atoms with Gasteiger partial charge in [-0.2, -0.15) is 0 Å². The van der Waals surface area contributed by atoms with Gasteiger partial charge in [-0.25, -0.2) is 0 Å². The quantitative estimate of drug-likeness (QED) is 0.272.